The highest BCUT2D eigenvalue weighted by Crippen LogP contribution is 2.38. The molecule has 2 fully saturated rings. The van der Waals surface area contributed by atoms with E-state index in [1.54, 1.807) is 0 Å². The van der Waals surface area contributed by atoms with Gasteiger partial charge in [0.1, 0.15) is 6.61 Å². The smallest absolute Gasteiger partial charge is 0.305 e. The van der Waals surface area contributed by atoms with Gasteiger partial charge in [0.15, 0.2) is 0 Å². The molecular formula is C30H56O4. The molecule has 0 heterocycles. The van der Waals surface area contributed by atoms with Gasteiger partial charge in [0.2, 0.25) is 0 Å². The van der Waals surface area contributed by atoms with Crippen LogP contribution in [-0.4, -0.2) is 38.5 Å². The number of esters is 1. The summed E-state index contributed by atoms with van der Waals surface area (Å²) in [6, 6.07) is 0. The monoisotopic (exact) mass is 480 g/mol. The van der Waals surface area contributed by atoms with Gasteiger partial charge in [-0.1, -0.05) is 103 Å². The number of ether oxygens (including phenoxy) is 3. The predicted octanol–water partition coefficient (Wildman–Crippen LogP) is 8.40. The van der Waals surface area contributed by atoms with Crippen LogP contribution >= 0.6 is 0 Å². The molecule has 0 amide bonds. The van der Waals surface area contributed by atoms with Gasteiger partial charge in [-0.15, -0.1) is 0 Å². The van der Waals surface area contributed by atoms with Crippen molar-refractivity contribution in [1.82, 2.24) is 0 Å². The second-order valence-corrected chi connectivity index (χ2v) is 10.9. The van der Waals surface area contributed by atoms with Crippen molar-refractivity contribution in [2.45, 2.75) is 148 Å². The molecule has 4 heteroatoms. The van der Waals surface area contributed by atoms with Crippen LogP contribution in [-0.2, 0) is 19.0 Å². The Bertz CT molecular complexity index is 466. The molecule has 2 aliphatic carbocycles. The molecule has 2 rings (SSSR count). The Morgan fingerprint density at radius 1 is 0.618 bits per heavy atom. The van der Waals surface area contributed by atoms with Gasteiger partial charge in [0.05, 0.1) is 25.9 Å². The van der Waals surface area contributed by atoms with Crippen molar-refractivity contribution in [3.63, 3.8) is 0 Å². The van der Waals surface area contributed by atoms with E-state index in [0.717, 1.165) is 24.7 Å². The summed E-state index contributed by atoms with van der Waals surface area (Å²) in [6.07, 6.45) is 27.7. The van der Waals surface area contributed by atoms with Gasteiger partial charge in [-0.2, -0.15) is 0 Å². The van der Waals surface area contributed by atoms with Crippen molar-refractivity contribution in [2.75, 3.05) is 26.4 Å². The highest BCUT2D eigenvalue weighted by Gasteiger charge is 2.28. The second kappa shape index (κ2) is 20.6. The Kier molecular flexibility index (Phi) is 17.9. The van der Waals surface area contributed by atoms with Crippen molar-refractivity contribution < 1.29 is 19.0 Å². The van der Waals surface area contributed by atoms with Crippen LogP contribution in [0.25, 0.3) is 0 Å². The molecule has 0 saturated heterocycles. The van der Waals surface area contributed by atoms with Crippen molar-refractivity contribution >= 4 is 5.97 Å². The lowest BCUT2D eigenvalue weighted by Crippen LogP contribution is -2.28. The van der Waals surface area contributed by atoms with Crippen LogP contribution in [0.4, 0.5) is 0 Å². The van der Waals surface area contributed by atoms with Crippen molar-refractivity contribution in [3.8, 4) is 0 Å². The topological polar surface area (TPSA) is 44.8 Å². The molecule has 0 aromatic rings. The maximum Gasteiger partial charge on any atom is 0.305 e. The standard InChI is InChI=1S/C30H56O4/c1-2-3-4-5-6-7-8-9-10-11-15-18-30(31)34-26-24-32-23-25-33-29-21-19-28(20-22-29)27-16-13-12-14-17-27/h27-29H,2-26H2,1H3. The number of hydrogen-bond acceptors (Lipinski definition) is 4. The Morgan fingerprint density at radius 3 is 1.82 bits per heavy atom. The molecule has 34 heavy (non-hydrogen) atoms. The van der Waals surface area contributed by atoms with Crippen LogP contribution in [0.5, 0.6) is 0 Å². The zero-order chi connectivity index (χ0) is 24.1. The normalized spacial score (nSPS) is 21.6. The molecule has 0 spiro atoms. The minimum atomic E-state index is -0.0782. The van der Waals surface area contributed by atoms with Gasteiger partial charge >= 0.3 is 5.97 Å². The van der Waals surface area contributed by atoms with Gasteiger partial charge in [0.25, 0.3) is 0 Å². The average molecular weight is 481 g/mol. The van der Waals surface area contributed by atoms with Crippen LogP contribution in [0.3, 0.4) is 0 Å². The Hall–Kier alpha value is -0.610. The van der Waals surface area contributed by atoms with Crippen molar-refractivity contribution in [2.24, 2.45) is 11.8 Å². The van der Waals surface area contributed by atoms with Crippen molar-refractivity contribution in [3.05, 3.63) is 0 Å². The highest BCUT2D eigenvalue weighted by molar-refractivity contribution is 5.69. The zero-order valence-electron chi connectivity index (χ0n) is 22.5. The lowest BCUT2D eigenvalue weighted by molar-refractivity contribution is -0.145. The molecule has 2 aliphatic rings. The Morgan fingerprint density at radius 2 is 1.18 bits per heavy atom. The Balaban J connectivity index is 1.29. The first-order valence-electron chi connectivity index (χ1n) is 15.1. The number of carbonyl (C=O) groups excluding carboxylic acids is 1. The first kappa shape index (κ1) is 29.6. The van der Waals surface area contributed by atoms with Gasteiger partial charge < -0.3 is 14.2 Å². The lowest BCUT2D eigenvalue weighted by atomic mass is 9.73. The van der Waals surface area contributed by atoms with Crippen LogP contribution in [0, 0.1) is 11.8 Å². The summed E-state index contributed by atoms with van der Waals surface area (Å²) in [4.78, 5) is 11.8. The van der Waals surface area contributed by atoms with Gasteiger partial charge in [-0.25, -0.2) is 0 Å². The molecular weight excluding hydrogens is 424 g/mol. The average Bonchev–Trinajstić information content (AvgIpc) is 2.87. The van der Waals surface area contributed by atoms with E-state index in [0.29, 0.717) is 39.0 Å². The van der Waals surface area contributed by atoms with E-state index in [1.807, 2.05) is 0 Å². The fourth-order valence-corrected chi connectivity index (χ4v) is 5.93. The number of carbonyl (C=O) groups is 1. The van der Waals surface area contributed by atoms with E-state index in [1.165, 1.54) is 116 Å². The largest absolute Gasteiger partial charge is 0.463 e. The van der Waals surface area contributed by atoms with Gasteiger partial charge in [-0.05, 0) is 43.9 Å². The second-order valence-electron chi connectivity index (χ2n) is 10.9. The fraction of sp³-hybridized carbons (Fsp3) is 0.967. The molecule has 4 nitrogen and oxygen atoms in total. The zero-order valence-corrected chi connectivity index (χ0v) is 22.5. The van der Waals surface area contributed by atoms with Crippen LogP contribution in [0.2, 0.25) is 0 Å². The summed E-state index contributed by atoms with van der Waals surface area (Å²) in [5, 5.41) is 0. The maximum absolute atomic E-state index is 11.8. The number of hydrogen-bond donors (Lipinski definition) is 0. The number of rotatable bonds is 20. The minimum Gasteiger partial charge on any atom is -0.463 e. The van der Waals surface area contributed by atoms with E-state index in [-0.39, 0.29) is 5.97 Å². The molecule has 0 aromatic heterocycles. The molecule has 0 unspecified atom stereocenters. The Labute approximate surface area is 211 Å². The molecule has 0 aromatic carbocycles. The van der Waals surface area contributed by atoms with Crippen LogP contribution < -0.4 is 0 Å². The summed E-state index contributed by atoms with van der Waals surface area (Å²) in [5.74, 6) is 1.87. The maximum atomic E-state index is 11.8. The number of unbranched alkanes of at least 4 members (excludes halogenated alkanes) is 10. The van der Waals surface area contributed by atoms with E-state index >= 15 is 0 Å². The molecule has 0 radical (unpaired) electrons. The third-order valence-electron chi connectivity index (χ3n) is 8.09. The SMILES string of the molecule is CCCCCCCCCCCCCC(=O)OCCOCCOC1CCC(C2CCCCC2)CC1. The quantitative estimate of drug-likeness (QED) is 0.130. The minimum absolute atomic E-state index is 0.0782. The lowest BCUT2D eigenvalue weighted by Gasteiger charge is -2.35. The molecule has 0 N–H and O–H groups in total. The highest BCUT2D eigenvalue weighted by atomic mass is 16.6. The van der Waals surface area contributed by atoms with Crippen LogP contribution in [0.15, 0.2) is 0 Å². The molecule has 0 atom stereocenters. The third-order valence-corrected chi connectivity index (χ3v) is 8.09. The third kappa shape index (κ3) is 14.7. The van der Waals surface area contributed by atoms with E-state index in [2.05, 4.69) is 6.92 Å². The summed E-state index contributed by atoms with van der Waals surface area (Å²) >= 11 is 0. The van der Waals surface area contributed by atoms with Crippen LogP contribution in [0.1, 0.15) is 142 Å². The summed E-state index contributed by atoms with van der Waals surface area (Å²) < 4.78 is 16.9. The van der Waals surface area contributed by atoms with Crippen molar-refractivity contribution in [1.29, 1.82) is 0 Å². The predicted molar refractivity (Wildman–Crippen MR) is 141 cm³/mol. The first-order valence-corrected chi connectivity index (χ1v) is 15.1. The molecule has 200 valence electrons. The molecule has 0 bridgehead atoms. The molecule has 0 aliphatic heterocycles. The summed E-state index contributed by atoms with van der Waals surface area (Å²) in [6.45, 7) is 4.36. The van der Waals surface area contributed by atoms with E-state index in [4.69, 9.17) is 14.2 Å². The molecule has 2 saturated carbocycles. The van der Waals surface area contributed by atoms with Gasteiger partial charge in [0, 0.05) is 6.42 Å². The van der Waals surface area contributed by atoms with Gasteiger partial charge in [-0.3, -0.25) is 4.79 Å². The fourth-order valence-electron chi connectivity index (χ4n) is 5.93. The summed E-state index contributed by atoms with van der Waals surface area (Å²) in [5.41, 5.74) is 0. The first-order chi connectivity index (χ1) is 16.8. The van der Waals surface area contributed by atoms with E-state index in [9.17, 15) is 4.79 Å². The summed E-state index contributed by atoms with van der Waals surface area (Å²) in [7, 11) is 0. The van der Waals surface area contributed by atoms with E-state index < -0.39 is 0 Å².